The Labute approximate surface area is 118 Å². The Bertz CT molecular complexity index is 558. The fraction of sp³-hybridized carbons (Fsp3) is 0.462. The van der Waals surface area contributed by atoms with Gasteiger partial charge in [0.15, 0.2) is 9.84 Å². The minimum atomic E-state index is -3.52. The zero-order chi connectivity index (χ0) is 14.7. The Morgan fingerprint density at radius 3 is 2.47 bits per heavy atom. The summed E-state index contributed by atoms with van der Waals surface area (Å²) in [5.41, 5.74) is -0.614. The van der Waals surface area contributed by atoms with Gasteiger partial charge in [0.1, 0.15) is 5.60 Å². The number of benzene rings is 1. The lowest BCUT2D eigenvalue weighted by atomic mass is 10.2. The van der Waals surface area contributed by atoms with E-state index < -0.39 is 21.4 Å². The summed E-state index contributed by atoms with van der Waals surface area (Å²) in [6.07, 6.45) is -0.174. The Hall–Kier alpha value is -1.07. The number of hydrogen-bond donors (Lipinski definition) is 0. The maximum absolute atomic E-state index is 12.0. The molecule has 0 aliphatic rings. The Morgan fingerprint density at radius 2 is 1.95 bits per heavy atom. The van der Waals surface area contributed by atoms with Crippen LogP contribution in [0.1, 0.15) is 27.2 Å². The van der Waals surface area contributed by atoms with Crippen molar-refractivity contribution in [2.75, 3.05) is 5.75 Å². The summed E-state index contributed by atoms with van der Waals surface area (Å²) in [6, 6.07) is 5.97. The fourth-order valence-corrected chi connectivity index (χ4v) is 2.91. The van der Waals surface area contributed by atoms with Gasteiger partial charge in [-0.1, -0.05) is 17.7 Å². The lowest BCUT2D eigenvalue weighted by Gasteiger charge is -2.19. The van der Waals surface area contributed by atoms with Gasteiger partial charge in [-0.15, -0.1) is 0 Å². The molecule has 106 valence electrons. The molecule has 0 heterocycles. The van der Waals surface area contributed by atoms with Gasteiger partial charge in [-0.05, 0) is 39.0 Å². The molecule has 0 aliphatic carbocycles. The number of ether oxygens (including phenoxy) is 1. The SMILES string of the molecule is CC(C)(C)OC(=O)CCS(=O)(=O)c1cccc(Cl)c1. The minimum Gasteiger partial charge on any atom is -0.460 e. The third kappa shape index (κ3) is 5.61. The summed E-state index contributed by atoms with van der Waals surface area (Å²) in [6.45, 7) is 5.20. The van der Waals surface area contributed by atoms with Crippen molar-refractivity contribution < 1.29 is 17.9 Å². The Kier molecular flexibility index (Phi) is 4.98. The van der Waals surface area contributed by atoms with Gasteiger partial charge in [-0.2, -0.15) is 0 Å². The summed E-state index contributed by atoms with van der Waals surface area (Å²) in [5.74, 6) is -0.819. The predicted octanol–water partition coefficient (Wildman–Crippen LogP) is 2.85. The Balaban J connectivity index is 2.69. The second kappa shape index (κ2) is 5.92. The van der Waals surface area contributed by atoms with Crippen LogP contribution >= 0.6 is 11.6 Å². The molecule has 0 aliphatic heterocycles. The summed E-state index contributed by atoms with van der Waals surface area (Å²) >= 11 is 5.74. The van der Waals surface area contributed by atoms with Crippen LogP contribution in [0.5, 0.6) is 0 Å². The van der Waals surface area contributed by atoms with Crippen LogP contribution < -0.4 is 0 Å². The van der Waals surface area contributed by atoms with Crippen LogP contribution in [0.15, 0.2) is 29.2 Å². The van der Waals surface area contributed by atoms with Crippen LogP contribution in [0, 0.1) is 0 Å². The number of hydrogen-bond acceptors (Lipinski definition) is 4. The lowest BCUT2D eigenvalue weighted by molar-refractivity contribution is -0.154. The average molecular weight is 305 g/mol. The van der Waals surface area contributed by atoms with Crippen molar-refractivity contribution in [3.05, 3.63) is 29.3 Å². The summed E-state index contributed by atoms with van der Waals surface area (Å²) < 4.78 is 29.0. The van der Waals surface area contributed by atoms with E-state index in [4.69, 9.17) is 16.3 Å². The molecule has 0 spiro atoms. The van der Waals surface area contributed by atoms with Crippen LogP contribution in [-0.2, 0) is 19.4 Å². The average Bonchev–Trinajstić information content (AvgIpc) is 2.24. The van der Waals surface area contributed by atoms with Crippen LogP contribution in [0.2, 0.25) is 5.02 Å². The predicted molar refractivity (Wildman–Crippen MR) is 74.0 cm³/mol. The van der Waals surface area contributed by atoms with Crippen molar-refractivity contribution in [3.63, 3.8) is 0 Å². The zero-order valence-corrected chi connectivity index (χ0v) is 12.7. The number of esters is 1. The Morgan fingerprint density at radius 1 is 1.32 bits per heavy atom. The number of halogens is 1. The molecule has 1 aromatic rings. The molecule has 0 aromatic heterocycles. The maximum Gasteiger partial charge on any atom is 0.307 e. The standard InChI is InChI=1S/C13H17ClO4S/c1-13(2,3)18-12(15)7-8-19(16,17)11-6-4-5-10(14)9-11/h4-6,9H,7-8H2,1-3H3. The summed E-state index contributed by atoms with van der Waals surface area (Å²) in [7, 11) is -3.52. The molecule has 0 unspecified atom stereocenters. The molecule has 6 heteroatoms. The minimum absolute atomic E-state index is 0.114. The van der Waals surface area contributed by atoms with Gasteiger partial charge >= 0.3 is 5.97 Å². The second-order valence-corrected chi connectivity index (χ2v) is 7.66. The molecular weight excluding hydrogens is 288 g/mol. The third-order valence-electron chi connectivity index (χ3n) is 2.15. The lowest BCUT2D eigenvalue weighted by Crippen LogP contribution is -2.25. The number of rotatable bonds is 4. The van der Waals surface area contributed by atoms with Crippen molar-refractivity contribution >= 4 is 27.4 Å². The van der Waals surface area contributed by atoms with E-state index in [2.05, 4.69) is 0 Å². The van der Waals surface area contributed by atoms with Crippen LogP contribution in [-0.4, -0.2) is 25.7 Å². The van der Waals surface area contributed by atoms with E-state index >= 15 is 0 Å². The number of sulfone groups is 1. The second-order valence-electron chi connectivity index (χ2n) is 5.11. The van der Waals surface area contributed by atoms with Crippen molar-refractivity contribution in [1.82, 2.24) is 0 Å². The van der Waals surface area contributed by atoms with Crippen molar-refractivity contribution in [2.45, 2.75) is 37.7 Å². The molecule has 19 heavy (non-hydrogen) atoms. The molecule has 0 fully saturated rings. The molecule has 0 radical (unpaired) electrons. The van der Waals surface area contributed by atoms with E-state index in [9.17, 15) is 13.2 Å². The van der Waals surface area contributed by atoms with Gasteiger partial charge in [0.05, 0.1) is 17.1 Å². The van der Waals surface area contributed by atoms with Gasteiger partial charge < -0.3 is 4.74 Å². The molecule has 0 bridgehead atoms. The molecule has 1 rings (SSSR count). The quantitative estimate of drug-likeness (QED) is 0.803. The van der Waals surface area contributed by atoms with Crippen LogP contribution in [0.3, 0.4) is 0 Å². The smallest absolute Gasteiger partial charge is 0.307 e. The first-order chi connectivity index (χ1) is 8.60. The van der Waals surface area contributed by atoms with E-state index in [1.54, 1.807) is 32.9 Å². The normalized spacial score (nSPS) is 12.2. The molecule has 0 saturated carbocycles. The highest BCUT2D eigenvalue weighted by Gasteiger charge is 2.20. The highest BCUT2D eigenvalue weighted by atomic mass is 35.5. The van der Waals surface area contributed by atoms with E-state index in [-0.39, 0.29) is 17.1 Å². The molecule has 1 aromatic carbocycles. The van der Waals surface area contributed by atoms with Gasteiger partial charge in [-0.25, -0.2) is 8.42 Å². The van der Waals surface area contributed by atoms with Crippen LogP contribution in [0.4, 0.5) is 0 Å². The molecule has 0 N–H and O–H groups in total. The fourth-order valence-electron chi connectivity index (χ4n) is 1.39. The molecule has 0 saturated heterocycles. The van der Waals surface area contributed by atoms with Crippen molar-refractivity contribution in [1.29, 1.82) is 0 Å². The van der Waals surface area contributed by atoms with Gasteiger partial charge in [0.25, 0.3) is 0 Å². The first-order valence-corrected chi connectivity index (χ1v) is 7.83. The summed E-state index contributed by atoms with van der Waals surface area (Å²) in [5, 5.41) is 0.346. The highest BCUT2D eigenvalue weighted by molar-refractivity contribution is 7.91. The van der Waals surface area contributed by atoms with E-state index in [1.165, 1.54) is 12.1 Å². The topological polar surface area (TPSA) is 60.4 Å². The first kappa shape index (κ1) is 16.0. The van der Waals surface area contributed by atoms with E-state index in [1.807, 2.05) is 0 Å². The number of carbonyl (C=O) groups is 1. The monoisotopic (exact) mass is 304 g/mol. The van der Waals surface area contributed by atoms with Gasteiger partial charge in [-0.3, -0.25) is 4.79 Å². The molecule has 0 atom stereocenters. The molecule has 4 nitrogen and oxygen atoms in total. The highest BCUT2D eigenvalue weighted by Crippen LogP contribution is 2.18. The van der Waals surface area contributed by atoms with E-state index in [0.717, 1.165) is 0 Å². The first-order valence-electron chi connectivity index (χ1n) is 5.80. The van der Waals surface area contributed by atoms with E-state index in [0.29, 0.717) is 5.02 Å². The van der Waals surface area contributed by atoms with Crippen LogP contribution in [0.25, 0.3) is 0 Å². The number of carbonyl (C=O) groups excluding carboxylic acids is 1. The van der Waals surface area contributed by atoms with Gasteiger partial charge in [0.2, 0.25) is 0 Å². The summed E-state index contributed by atoms with van der Waals surface area (Å²) in [4.78, 5) is 11.6. The van der Waals surface area contributed by atoms with Crippen molar-refractivity contribution in [2.24, 2.45) is 0 Å². The zero-order valence-electron chi connectivity index (χ0n) is 11.1. The largest absolute Gasteiger partial charge is 0.460 e. The van der Waals surface area contributed by atoms with Gasteiger partial charge in [0, 0.05) is 5.02 Å². The maximum atomic E-state index is 12.0. The molecule has 0 amide bonds. The molecular formula is C13H17ClO4S. The third-order valence-corrected chi connectivity index (χ3v) is 4.10. The van der Waals surface area contributed by atoms with Crippen molar-refractivity contribution in [3.8, 4) is 0 Å².